The van der Waals surface area contributed by atoms with Crippen molar-refractivity contribution in [2.24, 2.45) is 0 Å². The molecule has 3 nitrogen and oxygen atoms in total. The van der Waals surface area contributed by atoms with Gasteiger partial charge < -0.3 is 5.73 Å². The van der Waals surface area contributed by atoms with Crippen LogP contribution < -0.4 is 5.73 Å². The highest BCUT2D eigenvalue weighted by Gasteiger charge is 2.30. The van der Waals surface area contributed by atoms with E-state index in [2.05, 4.69) is 4.90 Å². The SMILES string of the molecule is CN1CCC(=O)C1c1cccc(N)c1. The van der Waals surface area contributed by atoms with E-state index in [0.29, 0.717) is 6.42 Å². The smallest absolute Gasteiger partial charge is 0.155 e. The Bertz CT molecular complexity index is 362. The quantitative estimate of drug-likeness (QED) is 0.677. The Morgan fingerprint density at radius 2 is 2.29 bits per heavy atom. The summed E-state index contributed by atoms with van der Waals surface area (Å²) in [5, 5.41) is 0. The molecule has 0 aliphatic carbocycles. The molecule has 0 spiro atoms. The summed E-state index contributed by atoms with van der Waals surface area (Å²) in [6.45, 7) is 0.846. The van der Waals surface area contributed by atoms with Crippen LogP contribution in [0.3, 0.4) is 0 Å². The van der Waals surface area contributed by atoms with Crippen LogP contribution in [0.25, 0.3) is 0 Å². The van der Waals surface area contributed by atoms with Gasteiger partial charge in [0.05, 0.1) is 6.04 Å². The Labute approximate surface area is 83.5 Å². The summed E-state index contributed by atoms with van der Waals surface area (Å²) >= 11 is 0. The second kappa shape index (κ2) is 3.42. The van der Waals surface area contributed by atoms with Gasteiger partial charge in [0.2, 0.25) is 0 Å². The monoisotopic (exact) mass is 190 g/mol. The van der Waals surface area contributed by atoms with E-state index in [1.807, 2.05) is 31.3 Å². The van der Waals surface area contributed by atoms with Gasteiger partial charge in [-0.3, -0.25) is 9.69 Å². The number of carbonyl (C=O) groups is 1. The lowest BCUT2D eigenvalue weighted by Crippen LogP contribution is -2.21. The zero-order valence-electron chi connectivity index (χ0n) is 8.23. The second-order valence-electron chi connectivity index (χ2n) is 3.77. The predicted molar refractivity (Wildman–Crippen MR) is 55.8 cm³/mol. The van der Waals surface area contributed by atoms with Gasteiger partial charge in [-0.05, 0) is 24.7 Å². The van der Waals surface area contributed by atoms with E-state index in [1.54, 1.807) is 0 Å². The van der Waals surface area contributed by atoms with Crippen molar-refractivity contribution in [2.45, 2.75) is 12.5 Å². The first-order chi connectivity index (χ1) is 6.68. The molecule has 2 N–H and O–H groups in total. The number of hydrogen-bond donors (Lipinski definition) is 1. The molecule has 2 rings (SSSR count). The third kappa shape index (κ3) is 1.51. The zero-order valence-corrected chi connectivity index (χ0v) is 8.23. The molecule has 1 aromatic rings. The maximum atomic E-state index is 11.6. The number of nitrogens with two attached hydrogens (primary N) is 1. The van der Waals surface area contributed by atoms with Crippen molar-refractivity contribution < 1.29 is 4.79 Å². The lowest BCUT2D eigenvalue weighted by atomic mass is 10.0. The van der Waals surface area contributed by atoms with Crippen molar-refractivity contribution in [1.82, 2.24) is 4.90 Å². The molecule has 1 fully saturated rings. The van der Waals surface area contributed by atoms with E-state index < -0.39 is 0 Å². The third-order valence-electron chi connectivity index (χ3n) is 2.68. The van der Waals surface area contributed by atoms with E-state index in [-0.39, 0.29) is 11.8 Å². The molecular weight excluding hydrogens is 176 g/mol. The van der Waals surface area contributed by atoms with Crippen LogP contribution in [-0.4, -0.2) is 24.3 Å². The first-order valence-electron chi connectivity index (χ1n) is 4.77. The van der Waals surface area contributed by atoms with Crippen LogP contribution in [0, 0.1) is 0 Å². The van der Waals surface area contributed by atoms with Gasteiger partial charge in [0.25, 0.3) is 0 Å². The Morgan fingerprint density at radius 1 is 1.50 bits per heavy atom. The fraction of sp³-hybridized carbons (Fsp3) is 0.364. The minimum absolute atomic E-state index is 0.0847. The van der Waals surface area contributed by atoms with Crippen LogP contribution in [0.15, 0.2) is 24.3 Å². The van der Waals surface area contributed by atoms with Gasteiger partial charge in [-0.25, -0.2) is 0 Å². The maximum absolute atomic E-state index is 11.6. The number of ketones is 1. The summed E-state index contributed by atoms with van der Waals surface area (Å²) in [6, 6.07) is 7.48. The number of likely N-dealkylation sites (tertiary alicyclic amines) is 1. The van der Waals surface area contributed by atoms with Gasteiger partial charge in [-0.1, -0.05) is 12.1 Å². The molecule has 1 saturated heterocycles. The number of likely N-dealkylation sites (N-methyl/N-ethyl adjacent to an activating group) is 1. The van der Waals surface area contributed by atoms with Gasteiger partial charge in [0.1, 0.15) is 0 Å². The number of benzene rings is 1. The molecule has 1 heterocycles. The molecule has 0 amide bonds. The van der Waals surface area contributed by atoms with Gasteiger partial charge in [0.15, 0.2) is 5.78 Å². The molecule has 1 aliphatic heterocycles. The lowest BCUT2D eigenvalue weighted by Gasteiger charge is -2.18. The maximum Gasteiger partial charge on any atom is 0.155 e. The largest absolute Gasteiger partial charge is 0.399 e. The number of carbonyl (C=O) groups excluding carboxylic acids is 1. The molecule has 14 heavy (non-hydrogen) atoms. The van der Waals surface area contributed by atoms with Crippen LogP contribution in [0.2, 0.25) is 0 Å². The highest BCUT2D eigenvalue weighted by Crippen LogP contribution is 2.28. The second-order valence-corrected chi connectivity index (χ2v) is 3.77. The molecule has 3 heteroatoms. The number of hydrogen-bond acceptors (Lipinski definition) is 3. The molecule has 1 atom stereocenters. The van der Waals surface area contributed by atoms with Crippen molar-refractivity contribution in [3.05, 3.63) is 29.8 Å². The number of rotatable bonds is 1. The first-order valence-corrected chi connectivity index (χ1v) is 4.77. The summed E-state index contributed by atoms with van der Waals surface area (Å²) in [5.41, 5.74) is 7.41. The fourth-order valence-corrected chi connectivity index (χ4v) is 1.97. The Morgan fingerprint density at radius 3 is 2.86 bits per heavy atom. The topological polar surface area (TPSA) is 46.3 Å². The summed E-state index contributed by atoms with van der Waals surface area (Å²) in [5.74, 6) is 0.290. The Kier molecular flexibility index (Phi) is 2.25. The van der Waals surface area contributed by atoms with E-state index in [9.17, 15) is 4.79 Å². The van der Waals surface area contributed by atoms with Gasteiger partial charge in [-0.15, -0.1) is 0 Å². The van der Waals surface area contributed by atoms with Crippen molar-refractivity contribution in [1.29, 1.82) is 0 Å². The molecule has 0 saturated carbocycles. The van der Waals surface area contributed by atoms with Gasteiger partial charge in [0, 0.05) is 18.7 Å². The minimum Gasteiger partial charge on any atom is -0.399 e. The highest BCUT2D eigenvalue weighted by molar-refractivity contribution is 5.87. The molecule has 1 aliphatic rings. The minimum atomic E-state index is -0.0847. The average molecular weight is 190 g/mol. The van der Waals surface area contributed by atoms with Crippen molar-refractivity contribution >= 4 is 11.5 Å². The Hall–Kier alpha value is -1.35. The average Bonchev–Trinajstić information content (AvgIpc) is 2.46. The van der Waals surface area contributed by atoms with Gasteiger partial charge in [-0.2, -0.15) is 0 Å². The Balaban J connectivity index is 2.34. The van der Waals surface area contributed by atoms with Crippen LogP contribution in [0.1, 0.15) is 18.0 Å². The number of nitrogens with zero attached hydrogens (tertiary/aromatic N) is 1. The van der Waals surface area contributed by atoms with Gasteiger partial charge >= 0.3 is 0 Å². The normalized spacial score (nSPS) is 22.9. The van der Waals surface area contributed by atoms with E-state index in [1.165, 1.54) is 0 Å². The van der Waals surface area contributed by atoms with Crippen molar-refractivity contribution in [3.63, 3.8) is 0 Å². The van der Waals surface area contributed by atoms with E-state index in [4.69, 9.17) is 5.73 Å². The first kappa shape index (κ1) is 9.21. The number of Topliss-reactive ketones (excluding diaryl/α,β-unsaturated/α-hetero) is 1. The summed E-state index contributed by atoms with van der Waals surface area (Å²) < 4.78 is 0. The van der Waals surface area contributed by atoms with E-state index >= 15 is 0 Å². The van der Waals surface area contributed by atoms with Crippen LogP contribution in [0.4, 0.5) is 5.69 Å². The highest BCUT2D eigenvalue weighted by atomic mass is 16.1. The molecular formula is C11H14N2O. The van der Waals surface area contributed by atoms with Crippen LogP contribution >= 0.6 is 0 Å². The lowest BCUT2D eigenvalue weighted by molar-refractivity contribution is -0.119. The summed E-state index contributed by atoms with van der Waals surface area (Å²) in [6.07, 6.45) is 0.649. The predicted octanol–water partition coefficient (Wildman–Crippen LogP) is 1.21. The third-order valence-corrected chi connectivity index (χ3v) is 2.68. The summed E-state index contributed by atoms with van der Waals surface area (Å²) in [7, 11) is 1.97. The zero-order chi connectivity index (χ0) is 10.1. The van der Waals surface area contributed by atoms with Crippen molar-refractivity contribution in [2.75, 3.05) is 19.3 Å². The van der Waals surface area contributed by atoms with Crippen LogP contribution in [-0.2, 0) is 4.79 Å². The molecule has 0 bridgehead atoms. The molecule has 74 valence electrons. The molecule has 1 aromatic carbocycles. The molecule has 0 radical (unpaired) electrons. The number of nitrogen functional groups attached to an aromatic ring is 1. The summed E-state index contributed by atoms with van der Waals surface area (Å²) in [4.78, 5) is 13.7. The van der Waals surface area contributed by atoms with E-state index in [0.717, 1.165) is 17.8 Å². The standard InChI is InChI=1S/C11H14N2O/c1-13-6-5-10(14)11(13)8-3-2-4-9(12)7-8/h2-4,7,11H,5-6,12H2,1H3. The van der Waals surface area contributed by atoms with Crippen LogP contribution in [0.5, 0.6) is 0 Å². The fourth-order valence-electron chi connectivity index (χ4n) is 1.97. The van der Waals surface area contributed by atoms with Crippen molar-refractivity contribution in [3.8, 4) is 0 Å². The molecule has 1 unspecified atom stereocenters. The molecule has 0 aromatic heterocycles. The number of anilines is 1.